The largest absolute Gasteiger partial charge is 0.308 e. The SMILES string of the molecule is CC(C)(C)NCc1cnc(Sc2ccncc2)nc1. The van der Waals surface area contributed by atoms with Gasteiger partial charge in [0.15, 0.2) is 5.16 Å². The summed E-state index contributed by atoms with van der Waals surface area (Å²) in [4.78, 5) is 13.8. The average Bonchev–Trinajstić information content (AvgIpc) is 2.38. The van der Waals surface area contributed by atoms with Crippen molar-refractivity contribution in [1.29, 1.82) is 0 Å². The predicted octanol–water partition coefficient (Wildman–Crippen LogP) is 2.91. The fourth-order valence-corrected chi connectivity index (χ4v) is 2.05. The van der Waals surface area contributed by atoms with Gasteiger partial charge in [-0.25, -0.2) is 9.97 Å². The zero-order valence-electron chi connectivity index (χ0n) is 11.4. The number of hydrogen-bond donors (Lipinski definition) is 1. The maximum atomic E-state index is 4.37. The Kier molecular flexibility index (Phi) is 4.50. The van der Waals surface area contributed by atoms with Crippen LogP contribution in [0.3, 0.4) is 0 Å². The van der Waals surface area contributed by atoms with Crippen molar-refractivity contribution in [2.45, 2.75) is 42.9 Å². The van der Waals surface area contributed by atoms with Crippen LogP contribution >= 0.6 is 11.8 Å². The van der Waals surface area contributed by atoms with Gasteiger partial charge >= 0.3 is 0 Å². The van der Waals surface area contributed by atoms with Gasteiger partial charge in [-0.15, -0.1) is 0 Å². The summed E-state index contributed by atoms with van der Waals surface area (Å²) < 4.78 is 0. The van der Waals surface area contributed by atoms with Crippen molar-refractivity contribution in [2.24, 2.45) is 0 Å². The Morgan fingerprint density at radius 3 is 2.32 bits per heavy atom. The molecule has 0 aliphatic heterocycles. The molecule has 0 bridgehead atoms. The van der Waals surface area contributed by atoms with Crippen LogP contribution in [-0.4, -0.2) is 20.5 Å². The number of nitrogens with zero attached hydrogens (tertiary/aromatic N) is 3. The second-order valence-electron chi connectivity index (χ2n) is 5.26. The molecule has 5 heteroatoms. The molecule has 0 amide bonds. The summed E-state index contributed by atoms with van der Waals surface area (Å²) in [7, 11) is 0. The second-order valence-corrected chi connectivity index (χ2v) is 6.30. The van der Waals surface area contributed by atoms with Gasteiger partial charge in [0.1, 0.15) is 0 Å². The molecule has 4 nitrogen and oxygen atoms in total. The summed E-state index contributed by atoms with van der Waals surface area (Å²) in [5.41, 5.74) is 1.19. The molecule has 2 aromatic rings. The van der Waals surface area contributed by atoms with E-state index in [1.807, 2.05) is 24.5 Å². The Labute approximate surface area is 118 Å². The lowest BCUT2D eigenvalue weighted by Gasteiger charge is -2.20. The Balaban J connectivity index is 1.95. The highest BCUT2D eigenvalue weighted by molar-refractivity contribution is 7.99. The molecule has 0 aromatic carbocycles. The van der Waals surface area contributed by atoms with Crippen molar-refractivity contribution >= 4 is 11.8 Å². The second kappa shape index (κ2) is 6.12. The molecule has 0 fully saturated rings. The highest BCUT2D eigenvalue weighted by Crippen LogP contribution is 2.22. The number of rotatable bonds is 4. The van der Waals surface area contributed by atoms with Crippen molar-refractivity contribution in [1.82, 2.24) is 20.3 Å². The first-order chi connectivity index (χ1) is 9.03. The van der Waals surface area contributed by atoms with Crippen LogP contribution < -0.4 is 5.32 Å². The predicted molar refractivity (Wildman–Crippen MR) is 77.0 cm³/mol. The Morgan fingerprint density at radius 2 is 1.74 bits per heavy atom. The van der Waals surface area contributed by atoms with Crippen molar-refractivity contribution in [2.75, 3.05) is 0 Å². The van der Waals surface area contributed by atoms with E-state index < -0.39 is 0 Å². The monoisotopic (exact) mass is 274 g/mol. The minimum atomic E-state index is 0.102. The normalized spacial score (nSPS) is 11.5. The summed E-state index contributed by atoms with van der Waals surface area (Å²) in [6.07, 6.45) is 7.28. The Hall–Kier alpha value is -1.46. The van der Waals surface area contributed by atoms with E-state index in [0.717, 1.165) is 22.2 Å². The first-order valence-electron chi connectivity index (χ1n) is 6.17. The van der Waals surface area contributed by atoms with Crippen LogP contribution in [0.5, 0.6) is 0 Å². The quantitative estimate of drug-likeness (QED) is 0.869. The minimum Gasteiger partial charge on any atom is -0.308 e. The highest BCUT2D eigenvalue weighted by atomic mass is 32.2. The molecule has 100 valence electrons. The molecule has 2 rings (SSSR count). The Bertz CT molecular complexity index is 505. The van der Waals surface area contributed by atoms with Crippen molar-refractivity contribution in [3.05, 3.63) is 42.5 Å². The topological polar surface area (TPSA) is 50.7 Å². The van der Waals surface area contributed by atoms with Crippen LogP contribution in [0.4, 0.5) is 0 Å². The lowest BCUT2D eigenvalue weighted by molar-refractivity contribution is 0.423. The van der Waals surface area contributed by atoms with Crippen LogP contribution in [0.25, 0.3) is 0 Å². The lowest BCUT2D eigenvalue weighted by atomic mass is 10.1. The van der Waals surface area contributed by atoms with E-state index >= 15 is 0 Å². The van der Waals surface area contributed by atoms with Gasteiger partial charge in [0.25, 0.3) is 0 Å². The van der Waals surface area contributed by atoms with E-state index in [4.69, 9.17) is 0 Å². The minimum absolute atomic E-state index is 0.102. The van der Waals surface area contributed by atoms with Crippen molar-refractivity contribution in [3.8, 4) is 0 Å². The van der Waals surface area contributed by atoms with Crippen LogP contribution in [0, 0.1) is 0 Å². The molecule has 0 spiro atoms. The third-order valence-corrected chi connectivity index (χ3v) is 3.26. The molecule has 0 aliphatic carbocycles. The van der Waals surface area contributed by atoms with E-state index in [1.165, 1.54) is 11.8 Å². The highest BCUT2D eigenvalue weighted by Gasteiger charge is 2.08. The molecule has 0 saturated heterocycles. The van der Waals surface area contributed by atoms with E-state index in [1.54, 1.807) is 12.4 Å². The van der Waals surface area contributed by atoms with Crippen LogP contribution in [0.1, 0.15) is 26.3 Å². The fourth-order valence-electron chi connectivity index (χ4n) is 1.37. The van der Waals surface area contributed by atoms with Gasteiger partial charge in [0, 0.05) is 47.3 Å². The first-order valence-corrected chi connectivity index (χ1v) is 6.98. The lowest BCUT2D eigenvalue weighted by Crippen LogP contribution is -2.35. The summed E-state index contributed by atoms with van der Waals surface area (Å²) in [6, 6.07) is 3.90. The average molecular weight is 274 g/mol. The maximum absolute atomic E-state index is 4.37. The molecule has 0 aliphatic rings. The van der Waals surface area contributed by atoms with Gasteiger partial charge in [-0.05, 0) is 44.7 Å². The van der Waals surface area contributed by atoms with E-state index in [9.17, 15) is 0 Å². The molecule has 0 saturated carbocycles. The molecule has 0 atom stereocenters. The molecular weight excluding hydrogens is 256 g/mol. The third kappa shape index (κ3) is 4.96. The molecule has 1 N–H and O–H groups in total. The number of pyridine rings is 1. The maximum Gasteiger partial charge on any atom is 0.192 e. The van der Waals surface area contributed by atoms with E-state index in [0.29, 0.717) is 0 Å². The molecule has 0 radical (unpaired) electrons. The van der Waals surface area contributed by atoms with Gasteiger partial charge in [0.2, 0.25) is 0 Å². The molecule has 2 aromatic heterocycles. The van der Waals surface area contributed by atoms with Gasteiger partial charge in [-0.3, -0.25) is 4.98 Å². The van der Waals surface area contributed by atoms with E-state index in [-0.39, 0.29) is 5.54 Å². The van der Waals surface area contributed by atoms with Crippen LogP contribution in [-0.2, 0) is 6.54 Å². The summed E-state index contributed by atoms with van der Waals surface area (Å²) in [5, 5.41) is 4.17. The zero-order valence-corrected chi connectivity index (χ0v) is 12.2. The van der Waals surface area contributed by atoms with Gasteiger partial charge in [-0.2, -0.15) is 0 Å². The molecular formula is C14H18N4S. The van der Waals surface area contributed by atoms with Crippen LogP contribution in [0.15, 0.2) is 47.0 Å². The standard InChI is InChI=1S/C14H18N4S/c1-14(2,3)18-10-11-8-16-13(17-9-11)19-12-4-6-15-7-5-12/h4-9,18H,10H2,1-3H3. The molecule has 2 heterocycles. The van der Waals surface area contributed by atoms with E-state index in [2.05, 4.69) is 41.0 Å². The summed E-state index contributed by atoms with van der Waals surface area (Å²) in [5.74, 6) is 0. The number of aromatic nitrogens is 3. The number of hydrogen-bond acceptors (Lipinski definition) is 5. The molecule has 0 unspecified atom stereocenters. The molecule has 19 heavy (non-hydrogen) atoms. The first kappa shape index (κ1) is 14.0. The van der Waals surface area contributed by atoms with Gasteiger partial charge in [-0.1, -0.05) is 0 Å². The summed E-state index contributed by atoms with van der Waals surface area (Å²) in [6.45, 7) is 7.20. The number of nitrogens with one attached hydrogen (secondary N) is 1. The summed E-state index contributed by atoms with van der Waals surface area (Å²) >= 11 is 1.54. The van der Waals surface area contributed by atoms with Gasteiger partial charge < -0.3 is 5.32 Å². The third-order valence-electron chi connectivity index (χ3n) is 2.36. The van der Waals surface area contributed by atoms with Crippen LogP contribution in [0.2, 0.25) is 0 Å². The van der Waals surface area contributed by atoms with Crippen molar-refractivity contribution < 1.29 is 0 Å². The van der Waals surface area contributed by atoms with Gasteiger partial charge in [0.05, 0.1) is 0 Å². The zero-order chi connectivity index (χ0) is 13.7. The van der Waals surface area contributed by atoms with Crippen molar-refractivity contribution in [3.63, 3.8) is 0 Å². The smallest absolute Gasteiger partial charge is 0.192 e. The fraction of sp³-hybridized carbons (Fsp3) is 0.357. The Morgan fingerprint density at radius 1 is 1.11 bits per heavy atom.